The van der Waals surface area contributed by atoms with Crippen molar-refractivity contribution in [3.8, 4) is 16.9 Å². The summed E-state index contributed by atoms with van der Waals surface area (Å²) in [6.07, 6.45) is 2.68. The van der Waals surface area contributed by atoms with E-state index in [-0.39, 0.29) is 0 Å². The first-order valence-electron chi connectivity index (χ1n) is 7.75. The van der Waals surface area contributed by atoms with E-state index >= 15 is 0 Å². The van der Waals surface area contributed by atoms with Gasteiger partial charge in [0.05, 0.1) is 12.2 Å². The van der Waals surface area contributed by atoms with E-state index in [0.717, 1.165) is 41.7 Å². The molecule has 0 unspecified atom stereocenters. The molecular weight excluding hydrogens is 276 g/mol. The molecule has 0 saturated carbocycles. The fourth-order valence-electron chi connectivity index (χ4n) is 2.42. The largest absolute Gasteiger partial charge is 0.494 e. The number of carbonyl (C=O) groups is 1. The molecule has 0 aromatic heterocycles. The van der Waals surface area contributed by atoms with Gasteiger partial charge in [-0.15, -0.1) is 0 Å². The molecule has 0 fully saturated rings. The average molecular weight is 298 g/mol. The van der Waals surface area contributed by atoms with Gasteiger partial charge in [-0.1, -0.05) is 44.5 Å². The number of ether oxygens (including phenoxy) is 1. The number of rotatable bonds is 7. The van der Waals surface area contributed by atoms with Crippen LogP contribution in [-0.4, -0.2) is 17.7 Å². The van der Waals surface area contributed by atoms with E-state index in [2.05, 4.69) is 13.8 Å². The Kier molecular flexibility index (Phi) is 5.59. The molecule has 22 heavy (non-hydrogen) atoms. The molecular formula is C19H22O3. The van der Waals surface area contributed by atoms with Crippen LogP contribution in [0.25, 0.3) is 11.1 Å². The van der Waals surface area contributed by atoms with Gasteiger partial charge in [0.2, 0.25) is 0 Å². The lowest BCUT2D eigenvalue weighted by molar-refractivity contribution is 0.0695. The quantitative estimate of drug-likeness (QED) is 0.799. The molecule has 0 saturated heterocycles. The zero-order valence-electron chi connectivity index (χ0n) is 13.1. The van der Waals surface area contributed by atoms with Crippen molar-refractivity contribution in [2.75, 3.05) is 6.61 Å². The van der Waals surface area contributed by atoms with Gasteiger partial charge in [-0.3, -0.25) is 0 Å². The summed E-state index contributed by atoms with van der Waals surface area (Å²) in [5, 5.41) is 9.26. The summed E-state index contributed by atoms with van der Waals surface area (Å²) in [4.78, 5) is 11.3. The van der Waals surface area contributed by atoms with Crippen molar-refractivity contribution in [3.63, 3.8) is 0 Å². The molecule has 0 heterocycles. The first kappa shape index (κ1) is 16.1. The third-order valence-electron chi connectivity index (χ3n) is 3.52. The second-order valence-electron chi connectivity index (χ2n) is 5.30. The Hall–Kier alpha value is -2.29. The summed E-state index contributed by atoms with van der Waals surface area (Å²) in [6.45, 7) is 4.85. The molecule has 0 aliphatic rings. The summed E-state index contributed by atoms with van der Waals surface area (Å²) in [6, 6.07) is 13.5. The first-order chi connectivity index (χ1) is 10.7. The monoisotopic (exact) mass is 298 g/mol. The van der Waals surface area contributed by atoms with Crippen molar-refractivity contribution in [2.24, 2.45) is 0 Å². The van der Waals surface area contributed by atoms with Crippen LogP contribution in [0.15, 0.2) is 42.5 Å². The summed E-state index contributed by atoms with van der Waals surface area (Å²) >= 11 is 0. The Balaban J connectivity index is 2.28. The fraction of sp³-hybridized carbons (Fsp3) is 0.316. The van der Waals surface area contributed by atoms with Gasteiger partial charge < -0.3 is 9.84 Å². The summed E-state index contributed by atoms with van der Waals surface area (Å²) in [7, 11) is 0. The van der Waals surface area contributed by atoms with Gasteiger partial charge in [0.25, 0.3) is 0 Å². The van der Waals surface area contributed by atoms with Crippen molar-refractivity contribution in [1.29, 1.82) is 0 Å². The topological polar surface area (TPSA) is 46.5 Å². The highest BCUT2D eigenvalue weighted by atomic mass is 16.5. The maximum absolute atomic E-state index is 11.3. The second kappa shape index (κ2) is 7.64. The third kappa shape index (κ3) is 3.88. The van der Waals surface area contributed by atoms with E-state index in [4.69, 9.17) is 4.74 Å². The van der Waals surface area contributed by atoms with E-state index in [1.54, 1.807) is 6.07 Å². The molecule has 1 N–H and O–H groups in total. The van der Waals surface area contributed by atoms with Gasteiger partial charge in [0.1, 0.15) is 5.75 Å². The van der Waals surface area contributed by atoms with Crippen LogP contribution in [0.4, 0.5) is 0 Å². The van der Waals surface area contributed by atoms with Crippen molar-refractivity contribution in [1.82, 2.24) is 0 Å². The molecule has 3 nitrogen and oxygen atoms in total. The molecule has 0 aliphatic carbocycles. The molecule has 3 heteroatoms. The van der Waals surface area contributed by atoms with Crippen LogP contribution in [0.2, 0.25) is 0 Å². The van der Waals surface area contributed by atoms with E-state index in [1.807, 2.05) is 36.4 Å². The van der Waals surface area contributed by atoms with Crippen molar-refractivity contribution in [3.05, 3.63) is 53.6 Å². The maximum atomic E-state index is 11.3. The lowest BCUT2D eigenvalue weighted by Gasteiger charge is -2.10. The molecule has 2 rings (SSSR count). The number of carboxylic acids is 1. The lowest BCUT2D eigenvalue weighted by Crippen LogP contribution is -2.02. The van der Waals surface area contributed by atoms with Crippen molar-refractivity contribution >= 4 is 5.97 Å². The van der Waals surface area contributed by atoms with Crippen LogP contribution in [0, 0.1) is 0 Å². The Morgan fingerprint density at radius 1 is 1.00 bits per heavy atom. The molecule has 2 aromatic carbocycles. The van der Waals surface area contributed by atoms with Crippen LogP contribution < -0.4 is 4.74 Å². The van der Waals surface area contributed by atoms with Gasteiger partial charge in [0.15, 0.2) is 0 Å². The minimum absolute atomic E-state index is 0.397. The molecule has 0 bridgehead atoms. The molecule has 0 atom stereocenters. The van der Waals surface area contributed by atoms with Crippen LogP contribution in [0.3, 0.4) is 0 Å². The van der Waals surface area contributed by atoms with Crippen molar-refractivity contribution < 1.29 is 14.6 Å². The van der Waals surface area contributed by atoms with Crippen LogP contribution >= 0.6 is 0 Å². The predicted molar refractivity (Wildman–Crippen MR) is 88.6 cm³/mol. The van der Waals surface area contributed by atoms with Gasteiger partial charge in [-0.25, -0.2) is 4.79 Å². The Morgan fingerprint density at radius 2 is 1.68 bits per heavy atom. The Bertz CT molecular complexity index is 630. The van der Waals surface area contributed by atoms with Crippen LogP contribution in [0.1, 0.15) is 42.6 Å². The number of hydrogen-bond acceptors (Lipinski definition) is 2. The standard InChI is InChI=1S/C19H22O3/c1-3-5-16-13-15(8-11-18(16)19(20)21)14-6-9-17(10-7-14)22-12-4-2/h6-11,13H,3-5,12H2,1-2H3,(H,20,21). The van der Waals surface area contributed by atoms with Crippen molar-refractivity contribution in [2.45, 2.75) is 33.1 Å². The summed E-state index contributed by atoms with van der Waals surface area (Å²) in [5.74, 6) is -0.000138. The number of aryl methyl sites for hydroxylation is 1. The lowest BCUT2D eigenvalue weighted by atomic mass is 9.96. The van der Waals surface area contributed by atoms with Crippen LogP contribution in [-0.2, 0) is 6.42 Å². The zero-order chi connectivity index (χ0) is 15.9. The normalized spacial score (nSPS) is 10.5. The molecule has 2 aromatic rings. The fourth-order valence-corrected chi connectivity index (χ4v) is 2.42. The number of carboxylic acid groups (broad SMARTS) is 1. The molecule has 0 amide bonds. The summed E-state index contributed by atoms with van der Waals surface area (Å²) in [5.41, 5.74) is 3.39. The van der Waals surface area contributed by atoms with Crippen LogP contribution in [0.5, 0.6) is 5.75 Å². The number of aromatic carboxylic acids is 1. The number of benzene rings is 2. The summed E-state index contributed by atoms with van der Waals surface area (Å²) < 4.78 is 5.58. The minimum atomic E-state index is -0.863. The zero-order valence-corrected chi connectivity index (χ0v) is 13.1. The Labute approximate surface area is 131 Å². The molecule has 0 radical (unpaired) electrons. The van der Waals surface area contributed by atoms with E-state index in [0.29, 0.717) is 12.2 Å². The highest BCUT2D eigenvalue weighted by Gasteiger charge is 2.10. The van der Waals surface area contributed by atoms with Gasteiger partial charge in [-0.05, 0) is 47.7 Å². The van der Waals surface area contributed by atoms with Gasteiger partial charge in [-0.2, -0.15) is 0 Å². The highest BCUT2D eigenvalue weighted by Crippen LogP contribution is 2.25. The highest BCUT2D eigenvalue weighted by molar-refractivity contribution is 5.90. The average Bonchev–Trinajstić information content (AvgIpc) is 2.53. The van der Waals surface area contributed by atoms with E-state index in [1.165, 1.54) is 0 Å². The predicted octanol–water partition coefficient (Wildman–Crippen LogP) is 4.79. The smallest absolute Gasteiger partial charge is 0.335 e. The molecule has 0 aliphatic heterocycles. The SMILES string of the molecule is CCCOc1ccc(-c2ccc(C(=O)O)c(CCC)c2)cc1. The third-order valence-corrected chi connectivity index (χ3v) is 3.52. The molecule has 116 valence electrons. The minimum Gasteiger partial charge on any atom is -0.494 e. The van der Waals surface area contributed by atoms with Gasteiger partial charge in [0, 0.05) is 0 Å². The number of hydrogen-bond donors (Lipinski definition) is 1. The second-order valence-corrected chi connectivity index (χ2v) is 5.30. The van der Waals surface area contributed by atoms with Gasteiger partial charge >= 0.3 is 5.97 Å². The molecule has 0 spiro atoms. The van der Waals surface area contributed by atoms with E-state index in [9.17, 15) is 9.90 Å². The Morgan fingerprint density at radius 3 is 2.27 bits per heavy atom. The first-order valence-corrected chi connectivity index (χ1v) is 7.75. The van der Waals surface area contributed by atoms with E-state index < -0.39 is 5.97 Å². The maximum Gasteiger partial charge on any atom is 0.335 e.